The van der Waals surface area contributed by atoms with Crippen molar-refractivity contribution in [1.29, 1.82) is 0 Å². The summed E-state index contributed by atoms with van der Waals surface area (Å²) in [5, 5.41) is 5.17. The van der Waals surface area contributed by atoms with E-state index >= 15 is 0 Å². The number of halogens is 1. The molecule has 0 fully saturated rings. The lowest BCUT2D eigenvalue weighted by atomic mass is 10.1. The van der Waals surface area contributed by atoms with Crippen LogP contribution in [0.15, 0.2) is 89.8 Å². The predicted octanol–water partition coefficient (Wildman–Crippen LogP) is 4.65. The van der Waals surface area contributed by atoms with Crippen molar-refractivity contribution in [3.05, 3.63) is 90.0 Å². The molecule has 1 aliphatic rings. The van der Waals surface area contributed by atoms with Crippen molar-refractivity contribution < 1.29 is 27.4 Å². The van der Waals surface area contributed by atoms with Gasteiger partial charge < -0.3 is 19.5 Å². The Morgan fingerprint density at radius 3 is 2.61 bits per heavy atom. The molecular formula is C28H25ClN2O6S. The zero-order valence-electron chi connectivity index (χ0n) is 20.5. The van der Waals surface area contributed by atoms with E-state index in [4.69, 9.17) is 25.8 Å². The number of carbonyl (C=O) groups excluding carboxylic acids is 1. The lowest BCUT2D eigenvalue weighted by Crippen LogP contribution is -2.51. The molecule has 8 nitrogen and oxygen atoms in total. The number of sulfonamides is 1. The zero-order chi connectivity index (χ0) is 26.7. The van der Waals surface area contributed by atoms with E-state index in [2.05, 4.69) is 5.32 Å². The van der Waals surface area contributed by atoms with Crippen LogP contribution < -0.4 is 23.8 Å². The molecule has 38 heavy (non-hydrogen) atoms. The molecule has 1 N–H and O–H groups in total. The molecule has 0 saturated carbocycles. The summed E-state index contributed by atoms with van der Waals surface area (Å²) in [6.45, 7) is 0.213. The Morgan fingerprint density at radius 1 is 1.05 bits per heavy atom. The van der Waals surface area contributed by atoms with Crippen LogP contribution in [-0.4, -0.2) is 47.2 Å². The van der Waals surface area contributed by atoms with Gasteiger partial charge in [0, 0.05) is 10.4 Å². The highest BCUT2D eigenvalue weighted by Crippen LogP contribution is 2.39. The second kappa shape index (κ2) is 10.8. The Kier molecular flexibility index (Phi) is 7.31. The van der Waals surface area contributed by atoms with Crippen LogP contribution in [0.4, 0.5) is 5.69 Å². The summed E-state index contributed by atoms with van der Waals surface area (Å²) in [5.41, 5.74) is 0.261. The number of fused-ring (bicyclic) bond motifs is 2. The fourth-order valence-corrected chi connectivity index (χ4v) is 5.87. The summed E-state index contributed by atoms with van der Waals surface area (Å²) in [6, 6.07) is 24.3. The molecule has 0 saturated heterocycles. The number of carbonyl (C=O) groups is 1. The standard InChI is InChI=1S/C28H25ClN2O6S/c1-35-21-10-12-22(13-11-21)38(33,34)31-18-27(37-26-14-9-20(29)17-24(26)31)28(32)30-15-16-36-25-8-4-6-19-5-2-3-7-23(19)25/h2-14,17,27H,15-16,18H2,1H3,(H,30,32)/t27-/m1/s1. The molecule has 0 aliphatic carbocycles. The van der Waals surface area contributed by atoms with E-state index in [9.17, 15) is 13.2 Å². The Balaban J connectivity index is 1.30. The lowest BCUT2D eigenvalue weighted by molar-refractivity contribution is -0.127. The minimum absolute atomic E-state index is 0.0498. The molecule has 0 radical (unpaired) electrons. The number of hydrogen-bond donors (Lipinski definition) is 1. The average Bonchev–Trinajstić information content (AvgIpc) is 2.94. The Bertz CT molecular complexity index is 1570. The third kappa shape index (κ3) is 5.20. The van der Waals surface area contributed by atoms with E-state index in [0.717, 1.165) is 15.1 Å². The quantitative estimate of drug-likeness (QED) is 0.320. The van der Waals surface area contributed by atoms with E-state index in [1.807, 2.05) is 42.5 Å². The fraction of sp³-hybridized carbons (Fsp3) is 0.179. The molecule has 0 aromatic heterocycles. The molecular weight excluding hydrogens is 528 g/mol. The molecule has 5 rings (SSSR count). The molecule has 4 aromatic rings. The second-order valence-corrected chi connectivity index (χ2v) is 10.8. The SMILES string of the molecule is COc1ccc(S(=O)(=O)N2C[C@H](C(=O)NCCOc3cccc4ccccc34)Oc3ccc(Cl)cc32)cc1. The van der Waals surface area contributed by atoms with Crippen LogP contribution >= 0.6 is 11.6 Å². The summed E-state index contributed by atoms with van der Waals surface area (Å²) in [4.78, 5) is 13.1. The third-order valence-corrected chi connectivity index (χ3v) is 8.17. The van der Waals surface area contributed by atoms with Crippen LogP contribution in [0.5, 0.6) is 17.2 Å². The highest BCUT2D eigenvalue weighted by Gasteiger charge is 2.37. The first-order valence-electron chi connectivity index (χ1n) is 11.9. The van der Waals surface area contributed by atoms with Gasteiger partial charge in [0.1, 0.15) is 23.9 Å². The van der Waals surface area contributed by atoms with Gasteiger partial charge in [0.2, 0.25) is 0 Å². The van der Waals surface area contributed by atoms with Crippen molar-refractivity contribution in [2.75, 3.05) is 31.1 Å². The molecule has 1 atom stereocenters. The van der Waals surface area contributed by atoms with Gasteiger partial charge in [-0.25, -0.2) is 8.42 Å². The number of nitrogens with one attached hydrogen (secondary N) is 1. The highest BCUT2D eigenvalue weighted by molar-refractivity contribution is 7.92. The van der Waals surface area contributed by atoms with E-state index in [0.29, 0.717) is 16.5 Å². The highest BCUT2D eigenvalue weighted by atomic mass is 35.5. The van der Waals surface area contributed by atoms with Gasteiger partial charge in [-0.3, -0.25) is 9.10 Å². The number of ether oxygens (including phenoxy) is 3. The van der Waals surface area contributed by atoms with Gasteiger partial charge in [-0.2, -0.15) is 0 Å². The third-order valence-electron chi connectivity index (χ3n) is 6.14. The van der Waals surface area contributed by atoms with Crippen molar-refractivity contribution in [3.63, 3.8) is 0 Å². The van der Waals surface area contributed by atoms with Gasteiger partial charge in [-0.15, -0.1) is 0 Å². The number of methoxy groups -OCH3 is 1. The van der Waals surface area contributed by atoms with Crippen LogP contribution in [0.2, 0.25) is 5.02 Å². The molecule has 1 amide bonds. The van der Waals surface area contributed by atoms with Gasteiger partial charge in [-0.05, 0) is 53.9 Å². The minimum atomic E-state index is -4.03. The largest absolute Gasteiger partial charge is 0.497 e. The van der Waals surface area contributed by atoms with Crippen LogP contribution in [0, 0.1) is 0 Å². The smallest absolute Gasteiger partial charge is 0.264 e. The first kappa shape index (κ1) is 25.7. The topological polar surface area (TPSA) is 94.2 Å². The van der Waals surface area contributed by atoms with E-state index in [-0.39, 0.29) is 36.0 Å². The molecule has 1 heterocycles. The number of amides is 1. The van der Waals surface area contributed by atoms with Gasteiger partial charge in [0.05, 0.1) is 30.8 Å². The Hall–Kier alpha value is -3.95. The maximum atomic E-state index is 13.6. The minimum Gasteiger partial charge on any atom is -0.497 e. The molecule has 0 bridgehead atoms. The average molecular weight is 553 g/mol. The first-order valence-corrected chi connectivity index (χ1v) is 13.7. The van der Waals surface area contributed by atoms with Gasteiger partial charge in [-0.1, -0.05) is 48.0 Å². The fourth-order valence-electron chi connectivity index (χ4n) is 4.23. The monoisotopic (exact) mass is 552 g/mol. The van der Waals surface area contributed by atoms with Gasteiger partial charge >= 0.3 is 0 Å². The molecule has 1 aliphatic heterocycles. The van der Waals surface area contributed by atoms with Gasteiger partial charge in [0.15, 0.2) is 6.10 Å². The van der Waals surface area contributed by atoms with Crippen molar-refractivity contribution in [3.8, 4) is 17.2 Å². The molecule has 196 valence electrons. The van der Waals surface area contributed by atoms with Crippen LogP contribution in [0.25, 0.3) is 10.8 Å². The van der Waals surface area contributed by atoms with Crippen molar-refractivity contribution in [2.45, 2.75) is 11.0 Å². The number of hydrogen-bond acceptors (Lipinski definition) is 6. The van der Waals surface area contributed by atoms with Gasteiger partial charge in [0.25, 0.3) is 15.9 Å². The van der Waals surface area contributed by atoms with Crippen molar-refractivity contribution in [1.82, 2.24) is 5.32 Å². The van der Waals surface area contributed by atoms with E-state index in [1.165, 1.54) is 25.3 Å². The summed E-state index contributed by atoms with van der Waals surface area (Å²) in [7, 11) is -2.53. The number of benzene rings is 4. The number of rotatable bonds is 8. The summed E-state index contributed by atoms with van der Waals surface area (Å²) in [6.07, 6.45) is -1.07. The predicted molar refractivity (Wildman–Crippen MR) is 146 cm³/mol. The normalized spacial score (nSPS) is 14.9. The van der Waals surface area contributed by atoms with E-state index < -0.39 is 22.0 Å². The number of nitrogens with zero attached hydrogens (tertiary/aromatic N) is 1. The maximum Gasteiger partial charge on any atom is 0.264 e. The van der Waals surface area contributed by atoms with E-state index in [1.54, 1.807) is 24.3 Å². The maximum absolute atomic E-state index is 13.6. The molecule has 0 unspecified atom stereocenters. The van der Waals surface area contributed by atoms with Crippen molar-refractivity contribution in [2.24, 2.45) is 0 Å². The second-order valence-electron chi connectivity index (χ2n) is 8.55. The molecule has 4 aromatic carbocycles. The molecule has 10 heteroatoms. The summed E-state index contributed by atoms with van der Waals surface area (Å²) >= 11 is 6.16. The van der Waals surface area contributed by atoms with Crippen LogP contribution in [0.1, 0.15) is 0 Å². The van der Waals surface area contributed by atoms with Crippen LogP contribution in [0.3, 0.4) is 0 Å². The summed E-state index contributed by atoms with van der Waals surface area (Å²) < 4.78 is 45.2. The number of anilines is 1. The summed E-state index contributed by atoms with van der Waals surface area (Å²) in [5.74, 6) is 1.03. The zero-order valence-corrected chi connectivity index (χ0v) is 22.0. The Labute approximate surface area is 225 Å². The van der Waals surface area contributed by atoms with Crippen LogP contribution in [-0.2, 0) is 14.8 Å². The Morgan fingerprint density at radius 2 is 1.82 bits per heavy atom. The molecule has 0 spiro atoms. The lowest BCUT2D eigenvalue weighted by Gasteiger charge is -2.34. The van der Waals surface area contributed by atoms with Crippen molar-refractivity contribution >= 4 is 44.0 Å². The first-order chi connectivity index (χ1) is 18.4.